The number of piperidine rings is 1. The Hall–Kier alpha value is -5.01. The van der Waals surface area contributed by atoms with Crippen LogP contribution >= 0.6 is 0 Å². The summed E-state index contributed by atoms with van der Waals surface area (Å²) in [4.78, 5) is 47.0. The average Bonchev–Trinajstić information content (AvgIpc) is 3.65. The molecule has 290 valence electrons. The maximum Gasteiger partial charge on any atom is 0.318 e. The number of likely N-dealkylation sites (tertiary alicyclic amines) is 2. The van der Waals surface area contributed by atoms with Gasteiger partial charge in [-0.3, -0.25) is 14.5 Å². The van der Waals surface area contributed by atoms with E-state index >= 15 is 0 Å². The number of amides is 3. The summed E-state index contributed by atoms with van der Waals surface area (Å²) in [5.41, 5.74) is 1.90. The Morgan fingerprint density at radius 2 is 1.37 bits per heavy atom. The van der Waals surface area contributed by atoms with Crippen molar-refractivity contribution in [3.63, 3.8) is 0 Å². The van der Waals surface area contributed by atoms with Crippen LogP contribution in [0.4, 0.5) is 4.79 Å². The molecule has 13 nitrogen and oxygen atoms in total. The first-order chi connectivity index (χ1) is 26.1. The summed E-state index contributed by atoms with van der Waals surface area (Å²) in [6.45, 7) is 5.59. The number of aliphatic carboxylic acids is 1. The van der Waals surface area contributed by atoms with Gasteiger partial charge in [0, 0.05) is 63.3 Å². The van der Waals surface area contributed by atoms with Gasteiger partial charge in [0.1, 0.15) is 5.75 Å². The van der Waals surface area contributed by atoms with Gasteiger partial charge in [-0.2, -0.15) is 0 Å². The number of methoxy groups -OCH3 is 4. The zero-order valence-electron chi connectivity index (χ0n) is 31.8. The van der Waals surface area contributed by atoms with E-state index < -0.39 is 11.5 Å². The molecule has 0 aromatic heterocycles. The van der Waals surface area contributed by atoms with Crippen molar-refractivity contribution < 1.29 is 38.4 Å². The number of nitrogens with zero attached hydrogens (tertiary/aromatic N) is 4. The highest BCUT2D eigenvalue weighted by Crippen LogP contribution is 2.43. The van der Waals surface area contributed by atoms with Crippen LogP contribution in [-0.2, 0) is 15.7 Å². The van der Waals surface area contributed by atoms with E-state index in [1.54, 1.807) is 45.5 Å². The number of carbonyl (C=O) groups excluding carboxylic acids is 2. The zero-order valence-corrected chi connectivity index (χ0v) is 31.8. The van der Waals surface area contributed by atoms with Crippen LogP contribution in [0.25, 0.3) is 0 Å². The molecule has 2 N–H and O–H groups in total. The monoisotopic (exact) mass is 743 g/mol. The lowest BCUT2D eigenvalue weighted by atomic mass is 9.76. The molecule has 0 saturated carbocycles. The van der Waals surface area contributed by atoms with Crippen LogP contribution in [0.5, 0.6) is 23.0 Å². The summed E-state index contributed by atoms with van der Waals surface area (Å²) in [5, 5.41) is 12.6. The minimum Gasteiger partial charge on any atom is -0.497 e. The number of benzene rings is 3. The van der Waals surface area contributed by atoms with Crippen LogP contribution in [0, 0.1) is 0 Å². The molecule has 3 aromatic rings. The normalized spacial score (nSPS) is 20.3. The Morgan fingerprint density at radius 1 is 0.704 bits per heavy atom. The molecular formula is C41H53N5O8. The summed E-state index contributed by atoms with van der Waals surface area (Å²) in [6.07, 6.45) is 3.14. The van der Waals surface area contributed by atoms with Gasteiger partial charge in [-0.25, -0.2) is 4.79 Å². The highest BCUT2D eigenvalue weighted by Gasteiger charge is 2.44. The number of urea groups is 1. The predicted octanol–water partition coefficient (Wildman–Crippen LogP) is 4.30. The van der Waals surface area contributed by atoms with E-state index in [-0.39, 0.29) is 23.9 Å². The van der Waals surface area contributed by atoms with Gasteiger partial charge < -0.3 is 44.1 Å². The summed E-state index contributed by atoms with van der Waals surface area (Å²) >= 11 is 0. The molecule has 1 unspecified atom stereocenters. The minimum atomic E-state index is -0.855. The van der Waals surface area contributed by atoms with Crippen LogP contribution in [-0.4, -0.2) is 137 Å². The van der Waals surface area contributed by atoms with Crippen molar-refractivity contribution in [3.05, 3.63) is 83.4 Å². The first-order valence-corrected chi connectivity index (χ1v) is 18.7. The van der Waals surface area contributed by atoms with E-state index in [0.29, 0.717) is 62.1 Å². The summed E-state index contributed by atoms with van der Waals surface area (Å²) in [7, 11) is 6.30. The predicted molar refractivity (Wildman–Crippen MR) is 204 cm³/mol. The van der Waals surface area contributed by atoms with Crippen molar-refractivity contribution in [2.24, 2.45) is 0 Å². The molecule has 0 bridgehead atoms. The number of carbonyl (C=O) groups is 3. The van der Waals surface area contributed by atoms with Crippen molar-refractivity contribution in [3.8, 4) is 23.0 Å². The summed E-state index contributed by atoms with van der Waals surface area (Å²) in [5.74, 6) is 1.15. The average molecular weight is 744 g/mol. The van der Waals surface area contributed by atoms with Crippen molar-refractivity contribution in [1.29, 1.82) is 0 Å². The summed E-state index contributed by atoms with van der Waals surface area (Å²) in [6, 6.07) is 21.7. The quantitative estimate of drug-likeness (QED) is 0.261. The van der Waals surface area contributed by atoms with Gasteiger partial charge in [0.2, 0.25) is 5.75 Å². The fraction of sp³-hybridized carbons (Fsp3) is 0.488. The Labute approximate surface area is 317 Å². The molecule has 3 fully saturated rings. The topological polar surface area (TPSA) is 133 Å². The number of carboxylic acids is 1. The maximum atomic E-state index is 14.1. The third-order valence-corrected chi connectivity index (χ3v) is 11.5. The van der Waals surface area contributed by atoms with Crippen molar-refractivity contribution >= 4 is 17.9 Å². The molecule has 3 aliphatic heterocycles. The highest BCUT2D eigenvalue weighted by atomic mass is 16.5. The smallest absolute Gasteiger partial charge is 0.318 e. The van der Waals surface area contributed by atoms with E-state index in [2.05, 4.69) is 34.5 Å². The van der Waals surface area contributed by atoms with Gasteiger partial charge in [-0.05, 0) is 67.6 Å². The van der Waals surface area contributed by atoms with Crippen molar-refractivity contribution in [2.75, 3.05) is 93.9 Å². The number of rotatable bonds is 13. The SMILES string of the molecule is COc1cccc(C2(CCN3CCC(NC(=O)N4CCN(CC(=O)O)CC4)(c4ccccc4)CC3)CCN(C(=O)c3cc(OC)c(OC)c(OC)c3)C2)c1. The fourth-order valence-corrected chi connectivity index (χ4v) is 8.33. The second-order valence-electron chi connectivity index (χ2n) is 14.5. The Kier molecular flexibility index (Phi) is 12.2. The molecule has 0 aliphatic carbocycles. The molecule has 0 radical (unpaired) electrons. The van der Waals surface area contributed by atoms with Crippen LogP contribution in [0.1, 0.15) is 47.2 Å². The van der Waals surface area contributed by atoms with Gasteiger partial charge in [0.15, 0.2) is 11.5 Å². The minimum absolute atomic E-state index is 0.0141. The summed E-state index contributed by atoms with van der Waals surface area (Å²) < 4.78 is 22.2. The first-order valence-electron chi connectivity index (χ1n) is 18.7. The zero-order chi connectivity index (χ0) is 38.3. The molecule has 3 aromatic carbocycles. The number of ether oxygens (including phenoxy) is 4. The van der Waals surface area contributed by atoms with Gasteiger partial charge in [-0.1, -0.05) is 42.5 Å². The fourth-order valence-electron chi connectivity index (χ4n) is 8.33. The third kappa shape index (κ3) is 8.37. The van der Waals surface area contributed by atoms with Crippen LogP contribution in [0.3, 0.4) is 0 Å². The first kappa shape index (κ1) is 38.7. The van der Waals surface area contributed by atoms with E-state index in [1.165, 1.54) is 0 Å². The third-order valence-electron chi connectivity index (χ3n) is 11.5. The van der Waals surface area contributed by atoms with Crippen LogP contribution in [0.2, 0.25) is 0 Å². The molecule has 3 amide bonds. The number of nitrogens with one attached hydrogen (secondary N) is 1. The Morgan fingerprint density at radius 3 is 1.98 bits per heavy atom. The number of carboxylic acid groups (broad SMARTS) is 1. The van der Waals surface area contributed by atoms with E-state index in [0.717, 1.165) is 62.2 Å². The van der Waals surface area contributed by atoms with Crippen LogP contribution < -0.4 is 24.3 Å². The van der Waals surface area contributed by atoms with Crippen LogP contribution in [0.15, 0.2) is 66.7 Å². The largest absolute Gasteiger partial charge is 0.497 e. The lowest BCUT2D eigenvalue weighted by Gasteiger charge is -2.45. The molecule has 0 spiro atoms. The molecule has 54 heavy (non-hydrogen) atoms. The van der Waals surface area contributed by atoms with Gasteiger partial charge in [0.25, 0.3) is 5.91 Å². The molecule has 3 aliphatic rings. The molecule has 6 rings (SSSR count). The number of piperazine rings is 1. The van der Waals surface area contributed by atoms with E-state index in [1.807, 2.05) is 40.1 Å². The standard InChI is InChI=1S/C41H53N5O8/c1-51-33-12-8-11-32(27-33)40(14-20-46(29-40)38(49)30-25-34(52-2)37(54-4)35(26-30)53-3)13-17-43-18-15-41(16-19-43,31-9-6-5-7-10-31)42-39(50)45-23-21-44(22-24-45)28-36(47)48/h5-12,25-27H,13-24,28-29H2,1-4H3,(H,42,50)(H,47,48). The molecule has 3 saturated heterocycles. The molecule has 3 heterocycles. The maximum absolute atomic E-state index is 14.1. The Bertz CT molecular complexity index is 1750. The lowest BCUT2D eigenvalue weighted by molar-refractivity contribution is -0.138. The molecular weight excluding hydrogens is 690 g/mol. The number of hydrogen-bond donors (Lipinski definition) is 2. The molecule has 1 atom stereocenters. The van der Waals surface area contributed by atoms with Gasteiger partial charge in [0.05, 0.1) is 40.5 Å². The van der Waals surface area contributed by atoms with E-state index in [4.69, 9.17) is 18.9 Å². The van der Waals surface area contributed by atoms with Gasteiger partial charge in [-0.15, -0.1) is 0 Å². The van der Waals surface area contributed by atoms with Gasteiger partial charge >= 0.3 is 12.0 Å². The van der Waals surface area contributed by atoms with Crippen molar-refractivity contribution in [1.82, 2.24) is 24.9 Å². The van der Waals surface area contributed by atoms with E-state index in [9.17, 15) is 19.5 Å². The number of hydrogen-bond acceptors (Lipinski definition) is 9. The highest BCUT2D eigenvalue weighted by molar-refractivity contribution is 5.96. The molecule has 13 heteroatoms. The second kappa shape index (κ2) is 17.0. The lowest BCUT2D eigenvalue weighted by Crippen LogP contribution is -2.59. The second-order valence-corrected chi connectivity index (χ2v) is 14.5. The Balaban J connectivity index is 1.16. The van der Waals surface area contributed by atoms with Crippen molar-refractivity contribution in [2.45, 2.75) is 36.6 Å².